The number of thiophene rings is 1. The van der Waals surface area contributed by atoms with Crippen molar-refractivity contribution in [1.82, 2.24) is 5.32 Å². The van der Waals surface area contributed by atoms with Crippen LogP contribution < -0.4 is 5.32 Å². The molecule has 18 heavy (non-hydrogen) atoms. The summed E-state index contributed by atoms with van der Waals surface area (Å²) >= 11 is 4.20. The number of aryl methyl sites for hydroxylation is 1. The van der Waals surface area contributed by atoms with E-state index in [2.05, 4.69) is 77.5 Å². The van der Waals surface area contributed by atoms with Crippen molar-refractivity contribution >= 4 is 33.9 Å². The Morgan fingerprint density at radius 3 is 2.72 bits per heavy atom. The molecule has 0 saturated carbocycles. The van der Waals surface area contributed by atoms with Crippen molar-refractivity contribution in [2.45, 2.75) is 26.3 Å². The average Bonchev–Trinajstić information content (AvgIpc) is 2.76. The van der Waals surface area contributed by atoms with Crippen molar-refractivity contribution < 1.29 is 0 Å². The largest absolute Gasteiger partial charge is 0.306 e. The molecule has 0 aliphatic heterocycles. The number of hydrogen-bond donors (Lipinski definition) is 1. The van der Waals surface area contributed by atoms with Gasteiger partial charge in [0.25, 0.3) is 0 Å². The van der Waals surface area contributed by atoms with Crippen LogP contribution in [-0.4, -0.2) is 6.54 Å². The fourth-order valence-electron chi connectivity index (χ4n) is 2.02. The molecule has 0 aliphatic carbocycles. The van der Waals surface area contributed by atoms with E-state index < -0.39 is 0 Å². The molecule has 0 bridgehead atoms. The molecule has 0 spiro atoms. The van der Waals surface area contributed by atoms with Crippen molar-refractivity contribution in [2.75, 3.05) is 6.54 Å². The maximum atomic E-state index is 3.65. The molecule has 1 atom stereocenters. The van der Waals surface area contributed by atoms with Gasteiger partial charge in [-0.3, -0.25) is 0 Å². The Bertz CT molecular complexity index is 507. The van der Waals surface area contributed by atoms with Crippen LogP contribution in [0.2, 0.25) is 0 Å². The predicted octanol–water partition coefficient (Wildman–Crippen LogP) is 4.75. The summed E-state index contributed by atoms with van der Waals surface area (Å²) in [6.45, 7) is 5.42. The average molecular weight is 371 g/mol. The standard InChI is InChI=1S/C15H18INS/c1-3-7-17-15(13-8-11(2)18-10-13)12-5-4-6-14(16)9-12/h4-6,8-10,15,17H,3,7H2,1-2H3. The number of benzene rings is 1. The summed E-state index contributed by atoms with van der Waals surface area (Å²) in [4.78, 5) is 1.37. The van der Waals surface area contributed by atoms with E-state index >= 15 is 0 Å². The second kappa shape index (κ2) is 6.68. The molecule has 1 nitrogen and oxygen atoms in total. The minimum atomic E-state index is 0.324. The van der Waals surface area contributed by atoms with Crippen LogP contribution in [-0.2, 0) is 0 Å². The molecule has 1 unspecified atom stereocenters. The molecule has 1 aromatic carbocycles. The van der Waals surface area contributed by atoms with E-state index in [9.17, 15) is 0 Å². The Morgan fingerprint density at radius 2 is 2.11 bits per heavy atom. The van der Waals surface area contributed by atoms with Crippen LogP contribution in [0.4, 0.5) is 0 Å². The van der Waals surface area contributed by atoms with Gasteiger partial charge in [-0.05, 0) is 77.2 Å². The summed E-state index contributed by atoms with van der Waals surface area (Å²) in [6, 6.07) is 11.4. The van der Waals surface area contributed by atoms with Gasteiger partial charge in [0, 0.05) is 8.45 Å². The molecule has 1 heterocycles. The van der Waals surface area contributed by atoms with Crippen LogP contribution in [0.15, 0.2) is 35.7 Å². The zero-order valence-corrected chi connectivity index (χ0v) is 13.7. The second-order valence-corrected chi connectivity index (χ2v) is 6.79. The first kappa shape index (κ1) is 14.0. The molecule has 0 aliphatic rings. The normalized spacial score (nSPS) is 12.6. The van der Waals surface area contributed by atoms with Crippen molar-refractivity contribution in [3.8, 4) is 0 Å². The molecular weight excluding hydrogens is 353 g/mol. The summed E-state index contributed by atoms with van der Waals surface area (Å²) in [5.41, 5.74) is 2.74. The third kappa shape index (κ3) is 3.56. The fraction of sp³-hybridized carbons (Fsp3) is 0.333. The maximum Gasteiger partial charge on any atom is 0.0585 e. The van der Waals surface area contributed by atoms with E-state index in [0.717, 1.165) is 13.0 Å². The zero-order chi connectivity index (χ0) is 13.0. The molecule has 0 fully saturated rings. The Morgan fingerprint density at radius 1 is 1.28 bits per heavy atom. The van der Waals surface area contributed by atoms with E-state index in [1.165, 1.54) is 19.6 Å². The lowest BCUT2D eigenvalue weighted by atomic mass is 10.0. The Balaban J connectivity index is 2.30. The van der Waals surface area contributed by atoms with Gasteiger partial charge in [0.05, 0.1) is 6.04 Å². The zero-order valence-electron chi connectivity index (χ0n) is 10.7. The van der Waals surface area contributed by atoms with E-state index in [-0.39, 0.29) is 0 Å². The molecule has 0 radical (unpaired) electrons. The van der Waals surface area contributed by atoms with Crippen LogP contribution >= 0.6 is 33.9 Å². The van der Waals surface area contributed by atoms with Gasteiger partial charge in [-0.1, -0.05) is 19.1 Å². The molecule has 1 N–H and O–H groups in total. The van der Waals surface area contributed by atoms with Crippen molar-refractivity contribution in [3.05, 3.63) is 55.3 Å². The van der Waals surface area contributed by atoms with Gasteiger partial charge in [0.15, 0.2) is 0 Å². The first-order valence-electron chi connectivity index (χ1n) is 6.24. The van der Waals surface area contributed by atoms with Crippen LogP contribution in [0.1, 0.15) is 35.4 Å². The van der Waals surface area contributed by atoms with Crippen LogP contribution in [0, 0.1) is 10.5 Å². The predicted molar refractivity (Wildman–Crippen MR) is 88.4 cm³/mol. The molecule has 0 amide bonds. The lowest BCUT2D eigenvalue weighted by molar-refractivity contribution is 0.599. The summed E-state index contributed by atoms with van der Waals surface area (Å²) in [5.74, 6) is 0. The summed E-state index contributed by atoms with van der Waals surface area (Å²) in [5, 5.41) is 5.91. The maximum absolute atomic E-state index is 3.65. The highest BCUT2D eigenvalue weighted by Crippen LogP contribution is 2.27. The molecule has 2 aromatic rings. The van der Waals surface area contributed by atoms with Crippen LogP contribution in [0.25, 0.3) is 0 Å². The first-order valence-corrected chi connectivity index (χ1v) is 8.20. The molecule has 96 valence electrons. The number of halogens is 1. The van der Waals surface area contributed by atoms with Crippen molar-refractivity contribution in [1.29, 1.82) is 0 Å². The van der Waals surface area contributed by atoms with Gasteiger partial charge in [-0.25, -0.2) is 0 Å². The quantitative estimate of drug-likeness (QED) is 0.748. The minimum absolute atomic E-state index is 0.324. The highest BCUT2D eigenvalue weighted by molar-refractivity contribution is 14.1. The van der Waals surface area contributed by atoms with E-state index in [0.29, 0.717) is 6.04 Å². The SMILES string of the molecule is CCCNC(c1cccc(I)c1)c1csc(C)c1. The molecule has 3 heteroatoms. The van der Waals surface area contributed by atoms with Crippen molar-refractivity contribution in [3.63, 3.8) is 0 Å². The number of hydrogen-bond acceptors (Lipinski definition) is 2. The van der Waals surface area contributed by atoms with Gasteiger partial charge in [0.2, 0.25) is 0 Å². The molecule has 0 saturated heterocycles. The first-order chi connectivity index (χ1) is 8.70. The lowest BCUT2D eigenvalue weighted by Gasteiger charge is -2.18. The summed E-state index contributed by atoms with van der Waals surface area (Å²) in [6.07, 6.45) is 1.16. The van der Waals surface area contributed by atoms with Crippen LogP contribution in [0.5, 0.6) is 0 Å². The second-order valence-electron chi connectivity index (χ2n) is 4.43. The lowest BCUT2D eigenvalue weighted by Crippen LogP contribution is -2.22. The monoisotopic (exact) mass is 371 g/mol. The van der Waals surface area contributed by atoms with E-state index in [1.54, 1.807) is 0 Å². The Labute approximate surface area is 127 Å². The Hall–Kier alpha value is -0.390. The van der Waals surface area contributed by atoms with Gasteiger partial charge in [-0.2, -0.15) is 0 Å². The van der Waals surface area contributed by atoms with Gasteiger partial charge in [-0.15, -0.1) is 11.3 Å². The smallest absolute Gasteiger partial charge is 0.0585 e. The van der Waals surface area contributed by atoms with E-state index in [1.807, 2.05) is 11.3 Å². The van der Waals surface area contributed by atoms with Gasteiger partial charge in [0.1, 0.15) is 0 Å². The fourth-order valence-corrected chi connectivity index (χ4v) is 3.32. The third-order valence-corrected chi connectivity index (χ3v) is 4.42. The van der Waals surface area contributed by atoms with Crippen LogP contribution in [0.3, 0.4) is 0 Å². The molecule has 2 rings (SSSR count). The Kier molecular flexibility index (Phi) is 5.21. The van der Waals surface area contributed by atoms with Gasteiger partial charge < -0.3 is 5.32 Å². The summed E-state index contributed by atoms with van der Waals surface area (Å²) < 4.78 is 1.29. The molecular formula is C15H18INS. The van der Waals surface area contributed by atoms with E-state index in [4.69, 9.17) is 0 Å². The highest BCUT2D eigenvalue weighted by atomic mass is 127. The topological polar surface area (TPSA) is 12.0 Å². The third-order valence-electron chi connectivity index (χ3n) is 2.86. The number of rotatable bonds is 5. The molecule has 1 aromatic heterocycles. The number of nitrogens with one attached hydrogen (secondary N) is 1. The highest BCUT2D eigenvalue weighted by Gasteiger charge is 2.14. The summed E-state index contributed by atoms with van der Waals surface area (Å²) in [7, 11) is 0. The minimum Gasteiger partial charge on any atom is -0.306 e. The van der Waals surface area contributed by atoms with Crippen molar-refractivity contribution in [2.24, 2.45) is 0 Å². The van der Waals surface area contributed by atoms with Gasteiger partial charge >= 0.3 is 0 Å².